The first-order valence-corrected chi connectivity index (χ1v) is 11.0. The number of nitrogens with one attached hydrogen (secondary N) is 4. The summed E-state index contributed by atoms with van der Waals surface area (Å²) in [4.78, 5) is 72.2. The van der Waals surface area contributed by atoms with E-state index >= 15 is 0 Å². The fourth-order valence-corrected chi connectivity index (χ4v) is 2.60. The lowest BCUT2D eigenvalue weighted by Gasteiger charge is -2.26. The van der Waals surface area contributed by atoms with Gasteiger partial charge in [-0.15, -0.1) is 0 Å². The maximum Gasteiger partial charge on any atom is 0.429 e. The normalized spacial score (nSPS) is 14.0. The van der Waals surface area contributed by atoms with Gasteiger partial charge in [-0.1, -0.05) is 13.8 Å². The van der Waals surface area contributed by atoms with Crippen LogP contribution in [0.3, 0.4) is 0 Å². The lowest BCUT2D eigenvalue weighted by molar-refractivity contribution is -0.152. The summed E-state index contributed by atoms with van der Waals surface area (Å²) < 4.78 is 9.69. The predicted molar refractivity (Wildman–Crippen MR) is 121 cm³/mol. The van der Waals surface area contributed by atoms with Gasteiger partial charge in [0.05, 0.1) is 6.61 Å². The zero-order valence-corrected chi connectivity index (χ0v) is 21.0. The summed E-state index contributed by atoms with van der Waals surface area (Å²) in [5.41, 5.74) is 2.30. The Morgan fingerprint density at radius 2 is 1.35 bits per heavy atom. The highest BCUT2D eigenvalue weighted by atomic mass is 16.6. The molecule has 0 spiro atoms. The molecule has 4 N–H and O–H groups in total. The molecule has 0 saturated heterocycles. The lowest BCUT2D eigenvalue weighted by Crippen LogP contribution is -2.57. The molecule has 0 radical (unpaired) electrons. The van der Waals surface area contributed by atoms with Gasteiger partial charge in [0.25, 0.3) is 5.91 Å². The second-order valence-corrected chi connectivity index (χ2v) is 8.16. The van der Waals surface area contributed by atoms with Gasteiger partial charge >= 0.3 is 12.1 Å². The van der Waals surface area contributed by atoms with Crippen LogP contribution in [0.25, 0.3) is 0 Å². The molecule has 0 aliphatic carbocycles. The molecule has 194 valence electrons. The van der Waals surface area contributed by atoms with E-state index in [0.717, 1.165) is 5.01 Å². The van der Waals surface area contributed by atoms with Crippen LogP contribution in [0.2, 0.25) is 0 Å². The van der Waals surface area contributed by atoms with Crippen molar-refractivity contribution in [2.24, 2.45) is 5.92 Å². The topological polar surface area (TPSA) is 172 Å². The van der Waals surface area contributed by atoms with Gasteiger partial charge in [0.1, 0.15) is 18.1 Å². The van der Waals surface area contributed by atoms with Crippen LogP contribution < -0.4 is 21.4 Å². The quantitative estimate of drug-likeness (QED) is 0.225. The first-order valence-electron chi connectivity index (χ1n) is 11.0. The maximum atomic E-state index is 12.7. The van der Waals surface area contributed by atoms with E-state index in [1.54, 1.807) is 6.92 Å². The van der Waals surface area contributed by atoms with E-state index in [0.29, 0.717) is 0 Å². The molecule has 0 aromatic heterocycles. The van der Waals surface area contributed by atoms with Crippen molar-refractivity contribution in [2.75, 3.05) is 13.7 Å². The zero-order chi connectivity index (χ0) is 26.6. The van der Waals surface area contributed by atoms with E-state index in [4.69, 9.17) is 9.47 Å². The molecule has 4 atom stereocenters. The maximum absolute atomic E-state index is 12.7. The van der Waals surface area contributed by atoms with Gasteiger partial charge in [-0.25, -0.2) is 14.6 Å². The molecule has 0 aromatic rings. The number of ether oxygens (including phenoxy) is 2. The summed E-state index contributed by atoms with van der Waals surface area (Å²) in [5.74, 6) is -3.03. The fraction of sp³-hybridized carbons (Fsp3) is 0.714. The SMILES string of the molecule is CCOC(=O)[C@H](C)OC(=O)N(C)NC(=O)[C@H](CC(C)C)NC(=O)[C@H](C)NC(=O)[C@H](C)NC(C)=O. The number of esters is 1. The zero-order valence-electron chi connectivity index (χ0n) is 21.0. The van der Waals surface area contributed by atoms with Crippen LogP contribution in [0.5, 0.6) is 0 Å². The van der Waals surface area contributed by atoms with Crippen LogP contribution in [0.15, 0.2) is 0 Å². The Kier molecular flexibility index (Phi) is 13.2. The minimum absolute atomic E-state index is 0.00169. The van der Waals surface area contributed by atoms with E-state index in [2.05, 4.69) is 21.4 Å². The van der Waals surface area contributed by atoms with Gasteiger partial charge in [-0.2, -0.15) is 0 Å². The minimum atomic E-state index is -1.18. The number of carbonyl (C=O) groups excluding carboxylic acids is 6. The summed E-state index contributed by atoms with van der Waals surface area (Å²) in [7, 11) is 1.22. The second-order valence-electron chi connectivity index (χ2n) is 8.16. The molecule has 5 amide bonds. The van der Waals surface area contributed by atoms with Crippen molar-refractivity contribution < 1.29 is 38.2 Å². The number of hydrogen-bond acceptors (Lipinski definition) is 8. The average molecular weight is 488 g/mol. The largest absolute Gasteiger partial charge is 0.463 e. The highest BCUT2D eigenvalue weighted by Crippen LogP contribution is 2.06. The number of hydrazine groups is 1. The van der Waals surface area contributed by atoms with Gasteiger partial charge in [0.15, 0.2) is 6.10 Å². The molecule has 0 bridgehead atoms. The molecule has 0 rings (SSSR count). The van der Waals surface area contributed by atoms with Crippen LogP contribution in [0.1, 0.15) is 54.9 Å². The third kappa shape index (κ3) is 11.5. The highest BCUT2D eigenvalue weighted by Gasteiger charge is 2.28. The first-order chi connectivity index (χ1) is 15.7. The molecule has 13 heteroatoms. The summed E-state index contributed by atoms with van der Waals surface area (Å²) in [5, 5.41) is 8.16. The van der Waals surface area contributed by atoms with E-state index in [1.165, 1.54) is 34.7 Å². The lowest BCUT2D eigenvalue weighted by atomic mass is 10.0. The average Bonchev–Trinajstić information content (AvgIpc) is 2.71. The van der Waals surface area contributed by atoms with Crippen LogP contribution in [0, 0.1) is 5.92 Å². The van der Waals surface area contributed by atoms with Gasteiger partial charge in [0.2, 0.25) is 17.7 Å². The molecule has 13 nitrogen and oxygen atoms in total. The molecule has 34 heavy (non-hydrogen) atoms. The number of amides is 5. The molecular formula is C21H37N5O8. The van der Waals surface area contributed by atoms with Gasteiger partial charge in [-0.3, -0.25) is 24.6 Å². The summed E-state index contributed by atoms with van der Waals surface area (Å²) in [6.07, 6.45) is -1.94. The van der Waals surface area contributed by atoms with Crippen LogP contribution >= 0.6 is 0 Å². The highest BCUT2D eigenvalue weighted by molar-refractivity contribution is 5.94. The summed E-state index contributed by atoms with van der Waals surface area (Å²) >= 11 is 0. The third-order valence-electron chi connectivity index (χ3n) is 4.35. The van der Waals surface area contributed by atoms with Crippen LogP contribution in [0.4, 0.5) is 4.79 Å². The Morgan fingerprint density at radius 3 is 1.85 bits per heavy atom. The summed E-state index contributed by atoms with van der Waals surface area (Å²) in [6.45, 7) is 10.9. The second kappa shape index (κ2) is 14.7. The van der Waals surface area contributed by atoms with Crippen molar-refractivity contribution in [2.45, 2.75) is 79.1 Å². The Bertz CT molecular complexity index is 757. The number of hydrogen-bond donors (Lipinski definition) is 4. The van der Waals surface area contributed by atoms with E-state index in [1.807, 2.05) is 13.8 Å². The first kappa shape index (κ1) is 30.6. The summed E-state index contributed by atoms with van der Waals surface area (Å²) in [6, 6.07) is -2.88. The van der Waals surface area contributed by atoms with Crippen molar-refractivity contribution in [1.29, 1.82) is 0 Å². The van der Waals surface area contributed by atoms with E-state index < -0.39 is 59.9 Å². The monoisotopic (exact) mass is 487 g/mol. The predicted octanol–water partition coefficient (Wildman–Crippen LogP) is -0.402. The van der Waals surface area contributed by atoms with Crippen LogP contribution in [-0.4, -0.2) is 78.6 Å². The Morgan fingerprint density at radius 1 is 0.824 bits per heavy atom. The van der Waals surface area contributed by atoms with Crippen molar-refractivity contribution in [3.63, 3.8) is 0 Å². The van der Waals surface area contributed by atoms with Crippen LogP contribution in [-0.2, 0) is 33.4 Å². The molecule has 0 aliphatic rings. The molecule has 0 aromatic carbocycles. The van der Waals surface area contributed by atoms with Gasteiger partial charge in [0, 0.05) is 14.0 Å². The Hall–Kier alpha value is -3.38. The van der Waals surface area contributed by atoms with Crippen molar-refractivity contribution in [3.05, 3.63) is 0 Å². The standard InChI is InChI=1S/C21H37N5O8/c1-9-33-20(31)14(6)34-21(32)26(8)25-19(30)16(10-11(2)3)24-18(29)13(5)23-17(28)12(4)22-15(7)27/h11-14,16H,9-10H2,1-8H3,(H,22,27)(H,23,28)(H,24,29)(H,25,30)/t12-,13-,14-,16-/m0/s1. The third-order valence-corrected chi connectivity index (χ3v) is 4.35. The number of carbonyl (C=O) groups is 6. The molecule has 0 saturated carbocycles. The molecular weight excluding hydrogens is 450 g/mol. The van der Waals surface area contributed by atoms with Crippen molar-refractivity contribution >= 4 is 35.7 Å². The number of rotatable bonds is 11. The molecule has 0 unspecified atom stereocenters. The molecule has 0 fully saturated rings. The van der Waals surface area contributed by atoms with Crippen molar-refractivity contribution in [3.8, 4) is 0 Å². The van der Waals surface area contributed by atoms with E-state index in [9.17, 15) is 28.8 Å². The van der Waals surface area contributed by atoms with E-state index in [-0.39, 0.29) is 18.9 Å². The fourth-order valence-electron chi connectivity index (χ4n) is 2.60. The Balaban J connectivity index is 5.06. The van der Waals surface area contributed by atoms with Gasteiger partial charge in [-0.05, 0) is 40.0 Å². The smallest absolute Gasteiger partial charge is 0.429 e. The molecule has 0 aliphatic heterocycles. The number of nitrogens with zero attached hydrogens (tertiary/aromatic N) is 1. The minimum Gasteiger partial charge on any atom is -0.463 e. The van der Waals surface area contributed by atoms with Gasteiger partial charge < -0.3 is 25.4 Å². The Labute approximate surface area is 199 Å². The van der Waals surface area contributed by atoms with Crippen molar-refractivity contribution in [1.82, 2.24) is 26.4 Å². The molecule has 0 heterocycles.